The Balaban J connectivity index is 1.79. The van der Waals surface area contributed by atoms with E-state index in [0.29, 0.717) is 6.04 Å². The molecule has 0 atom stereocenters. The second kappa shape index (κ2) is 7.81. The molecule has 1 saturated heterocycles. The Labute approximate surface area is 123 Å². The predicted octanol–water partition coefficient (Wildman–Crippen LogP) is -0.0725. The normalized spacial score (nSPS) is 22.8. The number of nitrogens with two attached hydrogens (primary N) is 1. The van der Waals surface area contributed by atoms with Crippen LogP contribution in [0.2, 0.25) is 0 Å². The van der Waals surface area contributed by atoms with Gasteiger partial charge in [0.1, 0.15) is 0 Å². The average molecular weight is 282 g/mol. The molecule has 1 heterocycles. The van der Waals surface area contributed by atoms with Crippen molar-refractivity contribution in [1.82, 2.24) is 20.1 Å². The predicted molar refractivity (Wildman–Crippen MR) is 83.6 cm³/mol. The summed E-state index contributed by atoms with van der Waals surface area (Å²) in [7, 11) is 4.25. The van der Waals surface area contributed by atoms with Crippen LogP contribution in [0.25, 0.3) is 0 Å². The van der Waals surface area contributed by atoms with Gasteiger partial charge in [-0.25, -0.2) is 10.8 Å². The minimum absolute atomic E-state index is 0.479. The van der Waals surface area contributed by atoms with Gasteiger partial charge in [-0.05, 0) is 26.9 Å². The van der Waals surface area contributed by atoms with Crippen LogP contribution in [0.3, 0.4) is 0 Å². The molecule has 1 aliphatic carbocycles. The molecule has 1 saturated carbocycles. The molecule has 116 valence electrons. The average Bonchev–Trinajstić information content (AvgIpc) is 2.96. The van der Waals surface area contributed by atoms with Crippen molar-refractivity contribution in [2.75, 3.05) is 53.4 Å². The molecule has 0 radical (unpaired) electrons. The molecular formula is C14H30N6. The lowest BCUT2D eigenvalue weighted by molar-refractivity contribution is 0.166. The summed E-state index contributed by atoms with van der Waals surface area (Å²) >= 11 is 0. The third-order valence-electron chi connectivity index (χ3n) is 4.29. The van der Waals surface area contributed by atoms with Crippen molar-refractivity contribution in [3.05, 3.63) is 0 Å². The maximum Gasteiger partial charge on any atom is 0.208 e. The van der Waals surface area contributed by atoms with E-state index in [1.165, 1.54) is 25.7 Å². The van der Waals surface area contributed by atoms with Gasteiger partial charge < -0.3 is 9.80 Å². The molecule has 2 aliphatic rings. The minimum atomic E-state index is 0.479. The monoisotopic (exact) mass is 282 g/mol. The summed E-state index contributed by atoms with van der Waals surface area (Å²) in [4.78, 5) is 11.8. The highest BCUT2D eigenvalue weighted by Crippen LogP contribution is 2.21. The van der Waals surface area contributed by atoms with Gasteiger partial charge in [-0.1, -0.05) is 12.8 Å². The first-order valence-corrected chi connectivity index (χ1v) is 7.85. The Bertz CT molecular complexity index is 303. The summed E-state index contributed by atoms with van der Waals surface area (Å²) in [6.45, 7) is 6.49. The quantitative estimate of drug-likeness (QED) is 0.327. The van der Waals surface area contributed by atoms with E-state index in [-0.39, 0.29) is 0 Å². The van der Waals surface area contributed by atoms with Gasteiger partial charge >= 0.3 is 0 Å². The van der Waals surface area contributed by atoms with Crippen LogP contribution in [0.15, 0.2) is 4.99 Å². The molecule has 0 unspecified atom stereocenters. The highest BCUT2D eigenvalue weighted by molar-refractivity contribution is 5.79. The van der Waals surface area contributed by atoms with Crippen LogP contribution in [0, 0.1) is 0 Å². The zero-order valence-electron chi connectivity index (χ0n) is 13.0. The van der Waals surface area contributed by atoms with Crippen molar-refractivity contribution in [2.24, 2.45) is 10.8 Å². The van der Waals surface area contributed by atoms with Gasteiger partial charge in [0, 0.05) is 39.3 Å². The number of rotatable bonds is 4. The SMILES string of the molecule is CN(C)CCN1CCN(C(=NC2CCCC2)NN)CC1. The molecule has 0 aromatic carbocycles. The molecule has 2 fully saturated rings. The summed E-state index contributed by atoms with van der Waals surface area (Å²) in [5, 5.41) is 0. The summed E-state index contributed by atoms with van der Waals surface area (Å²) in [5.74, 6) is 6.56. The Morgan fingerprint density at radius 3 is 2.40 bits per heavy atom. The largest absolute Gasteiger partial charge is 0.339 e. The topological polar surface area (TPSA) is 60.1 Å². The summed E-state index contributed by atoms with van der Waals surface area (Å²) < 4.78 is 0. The second-order valence-electron chi connectivity index (χ2n) is 6.17. The van der Waals surface area contributed by atoms with E-state index in [1.54, 1.807) is 0 Å². The molecule has 0 bridgehead atoms. The van der Waals surface area contributed by atoms with E-state index in [1.807, 2.05) is 0 Å². The number of piperazine rings is 1. The van der Waals surface area contributed by atoms with Crippen LogP contribution in [0.1, 0.15) is 25.7 Å². The van der Waals surface area contributed by atoms with Crippen molar-refractivity contribution < 1.29 is 0 Å². The van der Waals surface area contributed by atoms with Gasteiger partial charge in [-0.15, -0.1) is 0 Å². The fraction of sp³-hybridized carbons (Fsp3) is 0.929. The molecule has 6 heteroatoms. The van der Waals surface area contributed by atoms with E-state index < -0.39 is 0 Å². The Morgan fingerprint density at radius 1 is 1.20 bits per heavy atom. The van der Waals surface area contributed by atoms with Crippen molar-refractivity contribution in [3.8, 4) is 0 Å². The standard InChI is InChI=1S/C14H30N6/c1-18(2)7-8-19-9-11-20(12-10-19)14(17-15)16-13-5-3-4-6-13/h13H,3-12,15H2,1-2H3,(H,16,17). The van der Waals surface area contributed by atoms with Gasteiger partial charge in [0.2, 0.25) is 5.96 Å². The van der Waals surface area contributed by atoms with Crippen LogP contribution in [-0.2, 0) is 0 Å². The zero-order chi connectivity index (χ0) is 14.4. The summed E-state index contributed by atoms with van der Waals surface area (Å²) in [6, 6.07) is 0.479. The Kier molecular flexibility index (Phi) is 6.06. The van der Waals surface area contributed by atoms with E-state index >= 15 is 0 Å². The number of aliphatic imine (C=N–C) groups is 1. The molecule has 0 aromatic heterocycles. The van der Waals surface area contributed by atoms with Crippen molar-refractivity contribution in [2.45, 2.75) is 31.7 Å². The molecule has 20 heavy (non-hydrogen) atoms. The number of hydrogen-bond acceptors (Lipinski definition) is 4. The number of nitrogens with one attached hydrogen (secondary N) is 1. The third kappa shape index (κ3) is 4.61. The number of nitrogens with zero attached hydrogens (tertiary/aromatic N) is 4. The lowest BCUT2D eigenvalue weighted by Crippen LogP contribution is -2.54. The van der Waals surface area contributed by atoms with Crippen molar-refractivity contribution in [1.29, 1.82) is 0 Å². The van der Waals surface area contributed by atoms with E-state index in [0.717, 1.165) is 45.2 Å². The maximum atomic E-state index is 5.67. The van der Waals surface area contributed by atoms with Crippen LogP contribution < -0.4 is 11.3 Å². The van der Waals surface area contributed by atoms with Crippen molar-refractivity contribution >= 4 is 5.96 Å². The van der Waals surface area contributed by atoms with Gasteiger partial charge in [-0.2, -0.15) is 0 Å². The molecular weight excluding hydrogens is 252 g/mol. The number of hydrogen-bond donors (Lipinski definition) is 2. The molecule has 0 spiro atoms. The number of guanidine groups is 1. The first kappa shape index (κ1) is 15.5. The number of likely N-dealkylation sites (N-methyl/N-ethyl adjacent to an activating group) is 1. The summed E-state index contributed by atoms with van der Waals surface area (Å²) in [6.07, 6.45) is 5.05. The van der Waals surface area contributed by atoms with Gasteiger partial charge in [-0.3, -0.25) is 10.3 Å². The summed E-state index contributed by atoms with van der Waals surface area (Å²) in [5.41, 5.74) is 2.81. The van der Waals surface area contributed by atoms with E-state index in [9.17, 15) is 0 Å². The molecule has 0 amide bonds. The third-order valence-corrected chi connectivity index (χ3v) is 4.29. The lowest BCUT2D eigenvalue weighted by Gasteiger charge is -2.36. The molecule has 0 aromatic rings. The first-order valence-electron chi connectivity index (χ1n) is 7.85. The van der Waals surface area contributed by atoms with Crippen LogP contribution in [-0.4, -0.2) is 80.1 Å². The number of hydrazine groups is 1. The van der Waals surface area contributed by atoms with Crippen LogP contribution in [0.4, 0.5) is 0 Å². The first-order chi connectivity index (χ1) is 9.69. The zero-order valence-corrected chi connectivity index (χ0v) is 13.0. The smallest absolute Gasteiger partial charge is 0.208 e. The highest BCUT2D eigenvalue weighted by Gasteiger charge is 2.21. The van der Waals surface area contributed by atoms with E-state index in [2.05, 4.69) is 34.2 Å². The maximum absolute atomic E-state index is 5.67. The van der Waals surface area contributed by atoms with Gasteiger partial charge in [0.05, 0.1) is 6.04 Å². The van der Waals surface area contributed by atoms with Crippen LogP contribution in [0.5, 0.6) is 0 Å². The minimum Gasteiger partial charge on any atom is -0.339 e. The van der Waals surface area contributed by atoms with Crippen LogP contribution >= 0.6 is 0 Å². The fourth-order valence-electron chi connectivity index (χ4n) is 2.94. The Morgan fingerprint density at radius 2 is 1.85 bits per heavy atom. The lowest BCUT2D eigenvalue weighted by atomic mass is 10.3. The Hall–Kier alpha value is -0.850. The van der Waals surface area contributed by atoms with E-state index in [4.69, 9.17) is 10.8 Å². The molecule has 1 aliphatic heterocycles. The van der Waals surface area contributed by atoms with Gasteiger partial charge in [0.15, 0.2) is 0 Å². The van der Waals surface area contributed by atoms with Crippen molar-refractivity contribution in [3.63, 3.8) is 0 Å². The van der Waals surface area contributed by atoms with Gasteiger partial charge in [0.25, 0.3) is 0 Å². The highest BCUT2D eigenvalue weighted by atomic mass is 15.4. The second-order valence-corrected chi connectivity index (χ2v) is 6.17. The molecule has 3 N–H and O–H groups in total. The fourth-order valence-corrected chi connectivity index (χ4v) is 2.94. The molecule has 2 rings (SSSR count). The molecule has 6 nitrogen and oxygen atoms in total.